The van der Waals surface area contributed by atoms with Crippen molar-refractivity contribution in [1.29, 1.82) is 0 Å². The number of carbonyl (C=O) groups excluding carboxylic acids is 1. The van der Waals surface area contributed by atoms with E-state index in [2.05, 4.69) is 31.3 Å². The number of allylic oxidation sites excluding steroid dienone is 2. The molecule has 1 unspecified atom stereocenters. The molecular formula is C20H27NO3. The Morgan fingerprint density at radius 3 is 2.46 bits per heavy atom. The number of methoxy groups -OCH3 is 1. The lowest BCUT2D eigenvalue weighted by Crippen LogP contribution is -2.32. The largest absolute Gasteiger partial charge is 0.460 e. The van der Waals surface area contributed by atoms with Gasteiger partial charge in [-0.2, -0.15) is 0 Å². The van der Waals surface area contributed by atoms with Crippen molar-refractivity contribution in [1.82, 2.24) is 5.32 Å². The first-order valence-electron chi connectivity index (χ1n) is 8.29. The molecule has 0 amide bonds. The number of esters is 1. The second-order valence-electron chi connectivity index (χ2n) is 6.50. The smallest absolute Gasteiger partial charge is 0.337 e. The Morgan fingerprint density at radius 2 is 1.88 bits per heavy atom. The fourth-order valence-electron chi connectivity index (χ4n) is 3.08. The van der Waals surface area contributed by atoms with Crippen LogP contribution < -0.4 is 5.32 Å². The predicted octanol–water partition coefficient (Wildman–Crippen LogP) is 3.83. The van der Waals surface area contributed by atoms with Crippen LogP contribution in [0.2, 0.25) is 0 Å². The zero-order valence-electron chi connectivity index (χ0n) is 15.4. The predicted molar refractivity (Wildman–Crippen MR) is 95.6 cm³/mol. The second kappa shape index (κ2) is 7.67. The highest BCUT2D eigenvalue weighted by atomic mass is 16.5. The number of hydrogen-bond donors (Lipinski definition) is 1. The summed E-state index contributed by atoms with van der Waals surface area (Å²) in [6.07, 6.45) is -0.168. The van der Waals surface area contributed by atoms with Crippen LogP contribution in [-0.4, -0.2) is 25.8 Å². The molecule has 1 N–H and O–H groups in total. The summed E-state index contributed by atoms with van der Waals surface area (Å²) in [5.74, 6) is -0.409. The molecule has 24 heavy (non-hydrogen) atoms. The molecule has 4 heteroatoms. The zero-order valence-corrected chi connectivity index (χ0v) is 15.4. The van der Waals surface area contributed by atoms with Crippen molar-refractivity contribution in [2.45, 2.75) is 46.6 Å². The van der Waals surface area contributed by atoms with Crippen LogP contribution in [0.3, 0.4) is 0 Å². The van der Waals surface area contributed by atoms with Crippen LogP contribution >= 0.6 is 0 Å². The van der Waals surface area contributed by atoms with E-state index >= 15 is 0 Å². The quantitative estimate of drug-likeness (QED) is 0.834. The number of ether oxygens (including phenoxy) is 2. The monoisotopic (exact) mass is 329 g/mol. The normalized spacial score (nSPS) is 18.0. The molecule has 4 nitrogen and oxygen atoms in total. The summed E-state index contributed by atoms with van der Waals surface area (Å²) in [5.41, 5.74) is 5.88. The fraction of sp³-hybridized carbons (Fsp3) is 0.450. The van der Waals surface area contributed by atoms with Gasteiger partial charge in [0.25, 0.3) is 0 Å². The lowest BCUT2D eigenvalue weighted by Gasteiger charge is -2.32. The molecule has 1 atom stereocenters. The molecule has 1 aromatic rings. The van der Waals surface area contributed by atoms with E-state index < -0.39 is 0 Å². The fourth-order valence-corrected chi connectivity index (χ4v) is 3.08. The molecule has 0 fully saturated rings. The van der Waals surface area contributed by atoms with E-state index in [1.54, 1.807) is 7.11 Å². The van der Waals surface area contributed by atoms with Gasteiger partial charge in [-0.05, 0) is 51.3 Å². The highest BCUT2D eigenvalue weighted by molar-refractivity contribution is 5.93. The van der Waals surface area contributed by atoms with E-state index in [0.29, 0.717) is 12.2 Å². The van der Waals surface area contributed by atoms with E-state index in [9.17, 15) is 4.79 Å². The number of hydrogen-bond acceptors (Lipinski definition) is 4. The minimum absolute atomic E-state index is 0.121. The van der Waals surface area contributed by atoms with Crippen LogP contribution in [-0.2, 0) is 14.3 Å². The van der Waals surface area contributed by atoms with Crippen molar-refractivity contribution >= 4 is 5.97 Å². The minimum Gasteiger partial charge on any atom is -0.460 e. The van der Waals surface area contributed by atoms with Gasteiger partial charge < -0.3 is 14.8 Å². The van der Waals surface area contributed by atoms with Gasteiger partial charge in [0, 0.05) is 18.7 Å². The summed E-state index contributed by atoms with van der Waals surface area (Å²) >= 11 is 0. The molecule has 0 radical (unpaired) electrons. The standard InChI is InChI=1S/C20H27NO3/c1-12(2)24-20(22)19-17(11-23-6)21-15(5)14(4)18(19)16-10-8-7-9-13(16)3/h7-10,12,18,21H,11H2,1-6H3. The third-order valence-corrected chi connectivity index (χ3v) is 4.33. The Labute approximate surface area is 144 Å². The molecule has 0 aromatic heterocycles. The van der Waals surface area contributed by atoms with Gasteiger partial charge in [0.2, 0.25) is 0 Å². The van der Waals surface area contributed by atoms with Gasteiger partial charge in [-0.15, -0.1) is 0 Å². The van der Waals surface area contributed by atoms with Crippen molar-refractivity contribution in [2.75, 3.05) is 13.7 Å². The zero-order chi connectivity index (χ0) is 17.9. The summed E-state index contributed by atoms with van der Waals surface area (Å²) in [4.78, 5) is 12.8. The molecular weight excluding hydrogens is 302 g/mol. The Morgan fingerprint density at radius 1 is 1.21 bits per heavy atom. The lowest BCUT2D eigenvalue weighted by molar-refractivity contribution is -0.143. The maximum absolute atomic E-state index is 12.8. The maximum atomic E-state index is 12.8. The highest BCUT2D eigenvalue weighted by Gasteiger charge is 2.34. The van der Waals surface area contributed by atoms with Gasteiger partial charge in [0.1, 0.15) is 0 Å². The van der Waals surface area contributed by atoms with Crippen molar-refractivity contribution in [2.24, 2.45) is 0 Å². The third-order valence-electron chi connectivity index (χ3n) is 4.33. The summed E-state index contributed by atoms with van der Waals surface area (Å²) < 4.78 is 10.8. The molecule has 0 bridgehead atoms. The highest BCUT2D eigenvalue weighted by Crippen LogP contribution is 2.39. The third kappa shape index (κ3) is 3.70. The molecule has 1 aliphatic rings. The number of carbonyl (C=O) groups is 1. The molecule has 0 spiro atoms. The molecule has 0 aliphatic carbocycles. The molecule has 1 heterocycles. The summed E-state index contributed by atoms with van der Waals surface area (Å²) in [6, 6.07) is 8.17. The Kier molecular flexibility index (Phi) is 5.84. The lowest BCUT2D eigenvalue weighted by atomic mass is 9.79. The topological polar surface area (TPSA) is 47.6 Å². The van der Waals surface area contributed by atoms with Gasteiger partial charge in [-0.1, -0.05) is 24.3 Å². The van der Waals surface area contributed by atoms with Gasteiger partial charge in [0.15, 0.2) is 0 Å². The van der Waals surface area contributed by atoms with Gasteiger partial charge in [0.05, 0.1) is 24.0 Å². The SMILES string of the molecule is COCC1=C(C(=O)OC(C)C)C(c2ccccc2C)C(C)=C(C)N1. The number of rotatable bonds is 5. The maximum Gasteiger partial charge on any atom is 0.337 e. The molecule has 130 valence electrons. The van der Waals surface area contributed by atoms with Crippen LogP contribution in [0, 0.1) is 6.92 Å². The number of aryl methyl sites for hydroxylation is 1. The Hall–Kier alpha value is -2.07. The summed E-state index contributed by atoms with van der Waals surface area (Å²) in [5, 5.41) is 3.32. The first-order valence-corrected chi connectivity index (χ1v) is 8.29. The minimum atomic E-state index is -0.287. The van der Waals surface area contributed by atoms with Crippen molar-refractivity contribution in [3.8, 4) is 0 Å². The average molecular weight is 329 g/mol. The number of dihydropyridines is 1. The van der Waals surface area contributed by atoms with E-state index in [1.807, 2.05) is 32.9 Å². The van der Waals surface area contributed by atoms with Crippen LogP contribution in [0.1, 0.15) is 44.7 Å². The van der Waals surface area contributed by atoms with Gasteiger partial charge in [-0.3, -0.25) is 0 Å². The first kappa shape index (κ1) is 18.3. The molecule has 2 rings (SSSR count). The van der Waals surface area contributed by atoms with E-state index in [0.717, 1.165) is 28.1 Å². The van der Waals surface area contributed by atoms with Gasteiger partial charge in [-0.25, -0.2) is 4.79 Å². The van der Waals surface area contributed by atoms with Crippen molar-refractivity contribution in [3.63, 3.8) is 0 Å². The first-order chi connectivity index (χ1) is 11.4. The van der Waals surface area contributed by atoms with Crippen LogP contribution in [0.4, 0.5) is 0 Å². The van der Waals surface area contributed by atoms with E-state index in [-0.39, 0.29) is 18.0 Å². The Balaban J connectivity index is 2.61. The summed E-state index contributed by atoms with van der Waals surface area (Å²) in [7, 11) is 1.63. The number of nitrogens with one attached hydrogen (secondary N) is 1. The second-order valence-corrected chi connectivity index (χ2v) is 6.50. The van der Waals surface area contributed by atoms with Gasteiger partial charge >= 0.3 is 5.97 Å². The summed E-state index contributed by atoms with van der Waals surface area (Å²) in [6.45, 7) is 10.2. The van der Waals surface area contributed by atoms with Crippen LogP contribution in [0.25, 0.3) is 0 Å². The molecule has 1 aliphatic heterocycles. The molecule has 0 saturated heterocycles. The van der Waals surface area contributed by atoms with Crippen LogP contribution in [0.5, 0.6) is 0 Å². The van der Waals surface area contributed by atoms with Crippen LogP contribution in [0.15, 0.2) is 46.8 Å². The Bertz CT molecular complexity index is 686. The van der Waals surface area contributed by atoms with Crippen molar-refractivity contribution in [3.05, 3.63) is 57.9 Å². The molecule has 0 saturated carbocycles. The number of benzene rings is 1. The van der Waals surface area contributed by atoms with E-state index in [1.165, 1.54) is 0 Å². The van der Waals surface area contributed by atoms with Crippen molar-refractivity contribution < 1.29 is 14.3 Å². The molecule has 1 aromatic carbocycles. The van der Waals surface area contributed by atoms with E-state index in [4.69, 9.17) is 9.47 Å². The average Bonchev–Trinajstić information content (AvgIpc) is 2.50.